The first-order valence-corrected chi connectivity index (χ1v) is 13.6. The van der Waals surface area contributed by atoms with E-state index >= 15 is 0 Å². The highest BCUT2D eigenvalue weighted by Crippen LogP contribution is 2.45. The van der Waals surface area contributed by atoms with E-state index in [1.54, 1.807) is 0 Å². The smallest absolute Gasteiger partial charge is 0.311 e. The number of allylic oxidation sites excluding steroid dienone is 3. The quantitative estimate of drug-likeness (QED) is 0.317. The zero-order valence-corrected chi connectivity index (χ0v) is 22.7. The Kier molecular flexibility index (Phi) is 9.59. The predicted molar refractivity (Wildman–Crippen MR) is 136 cm³/mol. The fourth-order valence-electron chi connectivity index (χ4n) is 5.61. The third kappa shape index (κ3) is 7.68. The highest BCUT2D eigenvalue weighted by molar-refractivity contribution is 5.77. The summed E-state index contributed by atoms with van der Waals surface area (Å²) in [6.07, 6.45) is 8.18. The maximum atomic E-state index is 13.0. The van der Waals surface area contributed by atoms with Gasteiger partial charge in [0, 0.05) is 12.3 Å². The van der Waals surface area contributed by atoms with Gasteiger partial charge in [0.15, 0.2) is 0 Å². The molecular weight excluding hydrogens is 476 g/mol. The molecule has 2 aliphatic carbocycles. The third-order valence-electron chi connectivity index (χ3n) is 8.17. The van der Waals surface area contributed by atoms with Crippen molar-refractivity contribution >= 4 is 23.9 Å². The normalized spacial score (nSPS) is 31.5. The molecule has 0 saturated carbocycles. The molecule has 0 radical (unpaired) electrons. The van der Waals surface area contributed by atoms with E-state index in [9.17, 15) is 19.2 Å². The van der Waals surface area contributed by atoms with Crippen molar-refractivity contribution in [3.8, 4) is 0 Å². The van der Waals surface area contributed by atoms with Crippen molar-refractivity contribution in [1.82, 2.24) is 0 Å². The lowest BCUT2D eigenvalue weighted by Gasteiger charge is -2.44. The lowest BCUT2D eigenvalue weighted by atomic mass is 9.65. The fourth-order valence-corrected chi connectivity index (χ4v) is 5.61. The molecule has 0 amide bonds. The number of hydrogen-bond donors (Lipinski definition) is 1. The summed E-state index contributed by atoms with van der Waals surface area (Å²) in [5, 5.41) is 8.77. The summed E-state index contributed by atoms with van der Waals surface area (Å²) < 4.78 is 17.1. The second kappa shape index (κ2) is 12.3. The second-order valence-electron chi connectivity index (χ2n) is 11.6. The number of cyclic esters (lactones) is 1. The van der Waals surface area contributed by atoms with Crippen molar-refractivity contribution in [3.05, 3.63) is 23.8 Å². The van der Waals surface area contributed by atoms with E-state index in [0.29, 0.717) is 25.2 Å². The molecule has 37 heavy (non-hydrogen) atoms. The molecule has 3 rings (SSSR count). The fraction of sp³-hybridized carbons (Fsp3) is 0.724. The Morgan fingerprint density at radius 3 is 2.51 bits per heavy atom. The highest BCUT2D eigenvalue weighted by atomic mass is 16.6. The van der Waals surface area contributed by atoms with Gasteiger partial charge in [-0.15, -0.1) is 0 Å². The molecule has 0 bridgehead atoms. The van der Waals surface area contributed by atoms with E-state index in [1.807, 2.05) is 20.8 Å². The van der Waals surface area contributed by atoms with Gasteiger partial charge in [0.2, 0.25) is 0 Å². The van der Waals surface area contributed by atoms with Crippen molar-refractivity contribution < 1.29 is 38.5 Å². The van der Waals surface area contributed by atoms with Crippen LogP contribution in [0.3, 0.4) is 0 Å². The molecule has 206 valence electrons. The average molecular weight is 519 g/mol. The Morgan fingerprint density at radius 2 is 1.84 bits per heavy atom. The zero-order chi connectivity index (χ0) is 27.3. The van der Waals surface area contributed by atoms with Crippen LogP contribution >= 0.6 is 0 Å². The Bertz CT molecular complexity index is 932. The lowest BCUT2D eigenvalue weighted by Crippen LogP contribution is -2.43. The van der Waals surface area contributed by atoms with E-state index < -0.39 is 29.4 Å². The molecule has 0 aromatic carbocycles. The molecule has 1 heterocycles. The first kappa shape index (κ1) is 28.9. The minimum Gasteiger partial charge on any atom is -0.481 e. The molecule has 0 aromatic heterocycles. The van der Waals surface area contributed by atoms with Crippen LogP contribution in [0, 0.1) is 29.1 Å². The number of aliphatic carboxylic acids is 1. The first-order valence-electron chi connectivity index (χ1n) is 13.6. The lowest BCUT2D eigenvalue weighted by molar-refractivity contribution is -0.171. The van der Waals surface area contributed by atoms with E-state index in [-0.39, 0.29) is 55.2 Å². The molecule has 3 aliphatic rings. The third-order valence-corrected chi connectivity index (χ3v) is 8.17. The van der Waals surface area contributed by atoms with Gasteiger partial charge in [0.1, 0.15) is 18.3 Å². The summed E-state index contributed by atoms with van der Waals surface area (Å²) in [4.78, 5) is 47.9. The maximum absolute atomic E-state index is 13.0. The van der Waals surface area contributed by atoms with E-state index in [2.05, 4.69) is 32.1 Å². The maximum Gasteiger partial charge on any atom is 0.311 e. The number of carboxylic acid groups (broad SMARTS) is 1. The van der Waals surface area contributed by atoms with Crippen LogP contribution in [0.15, 0.2) is 23.8 Å². The van der Waals surface area contributed by atoms with Crippen molar-refractivity contribution in [1.29, 1.82) is 0 Å². The molecule has 7 unspecified atom stereocenters. The van der Waals surface area contributed by atoms with Gasteiger partial charge in [-0.3, -0.25) is 19.2 Å². The molecule has 8 nitrogen and oxygen atoms in total. The second-order valence-corrected chi connectivity index (χ2v) is 11.6. The van der Waals surface area contributed by atoms with Crippen molar-refractivity contribution in [2.75, 3.05) is 0 Å². The molecular formula is C29H42O8. The Labute approximate surface area is 219 Å². The Morgan fingerprint density at radius 1 is 1.11 bits per heavy atom. The number of esters is 3. The molecule has 0 spiro atoms. The summed E-state index contributed by atoms with van der Waals surface area (Å²) >= 11 is 0. The molecule has 8 heteroatoms. The zero-order valence-electron chi connectivity index (χ0n) is 22.7. The van der Waals surface area contributed by atoms with Gasteiger partial charge < -0.3 is 19.3 Å². The van der Waals surface area contributed by atoms with Crippen LogP contribution in [0.4, 0.5) is 0 Å². The summed E-state index contributed by atoms with van der Waals surface area (Å²) in [6, 6.07) is 0. The minimum atomic E-state index is -1.07. The Balaban J connectivity index is 1.67. The number of hydrogen-bond acceptors (Lipinski definition) is 7. The molecule has 7 atom stereocenters. The SMILES string of the molecule is CCC(C)(C)C(=O)OC1CC(C)C=C2C=CC(C)C(CCC3CC(OC(=O)CCC(=O)O)CC(=O)O3)C21. The summed E-state index contributed by atoms with van der Waals surface area (Å²) in [7, 11) is 0. The van der Waals surface area contributed by atoms with E-state index in [0.717, 1.165) is 12.8 Å². The van der Waals surface area contributed by atoms with Gasteiger partial charge in [-0.05, 0) is 62.9 Å². The summed E-state index contributed by atoms with van der Waals surface area (Å²) in [5.74, 6) is -1.39. The van der Waals surface area contributed by atoms with Gasteiger partial charge in [0.05, 0.1) is 24.7 Å². The summed E-state index contributed by atoms with van der Waals surface area (Å²) in [6.45, 7) is 10.1. The van der Waals surface area contributed by atoms with Crippen molar-refractivity contribution in [2.45, 2.75) is 104 Å². The average Bonchev–Trinajstić information content (AvgIpc) is 2.81. The number of carbonyl (C=O) groups excluding carboxylic acids is 3. The number of ether oxygens (including phenoxy) is 3. The monoisotopic (exact) mass is 518 g/mol. The topological polar surface area (TPSA) is 116 Å². The van der Waals surface area contributed by atoms with Crippen LogP contribution in [-0.4, -0.2) is 47.3 Å². The molecule has 1 fully saturated rings. The number of fused-ring (bicyclic) bond motifs is 1. The number of rotatable bonds is 10. The highest BCUT2D eigenvalue weighted by Gasteiger charge is 2.43. The van der Waals surface area contributed by atoms with Crippen LogP contribution in [-0.2, 0) is 33.4 Å². The van der Waals surface area contributed by atoms with E-state index in [1.165, 1.54) is 5.57 Å². The summed E-state index contributed by atoms with van der Waals surface area (Å²) in [5.41, 5.74) is 0.670. The van der Waals surface area contributed by atoms with Crippen molar-refractivity contribution in [3.63, 3.8) is 0 Å². The standard InChI is InChI=1S/C29H42O8/c1-6-29(4,5)28(34)37-23-14-17(2)13-19-8-7-18(3)22(27(19)23)10-9-20-15-21(16-26(33)35-20)36-25(32)12-11-24(30)31/h7-8,13,17-18,20-23,27H,6,9-12,14-16H2,1-5H3,(H,30,31). The van der Waals surface area contributed by atoms with Gasteiger partial charge >= 0.3 is 23.9 Å². The molecule has 0 aromatic rings. The van der Waals surface area contributed by atoms with E-state index in [4.69, 9.17) is 19.3 Å². The van der Waals surface area contributed by atoms with Crippen molar-refractivity contribution in [2.24, 2.45) is 29.1 Å². The van der Waals surface area contributed by atoms with Crippen LogP contribution in [0.25, 0.3) is 0 Å². The largest absolute Gasteiger partial charge is 0.481 e. The van der Waals surface area contributed by atoms with Crippen LogP contribution in [0.1, 0.15) is 86.0 Å². The number of carboxylic acids is 1. The van der Waals surface area contributed by atoms with Gasteiger partial charge in [-0.1, -0.05) is 39.0 Å². The minimum absolute atomic E-state index is 0.0173. The molecule has 1 N–H and O–H groups in total. The van der Waals surface area contributed by atoms with Gasteiger partial charge in [-0.25, -0.2) is 0 Å². The van der Waals surface area contributed by atoms with Gasteiger partial charge in [0.25, 0.3) is 0 Å². The number of carbonyl (C=O) groups is 4. The predicted octanol–water partition coefficient (Wildman–Crippen LogP) is 5.00. The molecule has 1 saturated heterocycles. The first-order chi connectivity index (χ1) is 17.4. The van der Waals surface area contributed by atoms with Crippen LogP contribution < -0.4 is 0 Å². The Hall–Kier alpha value is -2.64. The van der Waals surface area contributed by atoms with Crippen LogP contribution in [0.2, 0.25) is 0 Å². The molecule has 1 aliphatic heterocycles. The van der Waals surface area contributed by atoms with Gasteiger partial charge in [-0.2, -0.15) is 0 Å². The van der Waals surface area contributed by atoms with Crippen LogP contribution in [0.5, 0.6) is 0 Å².